The van der Waals surface area contributed by atoms with Crippen molar-refractivity contribution in [3.63, 3.8) is 0 Å². The van der Waals surface area contributed by atoms with Gasteiger partial charge in [0.05, 0.1) is 18.4 Å². The van der Waals surface area contributed by atoms with Crippen molar-refractivity contribution < 1.29 is 24.9 Å². The third-order valence-corrected chi connectivity index (χ3v) is 2.99. The van der Waals surface area contributed by atoms with Crippen LogP contribution < -0.4 is 0 Å². The maximum atomic E-state index is 11.9. The molecule has 0 aromatic carbocycles. The van der Waals surface area contributed by atoms with E-state index in [9.17, 15) is 19.9 Å². The van der Waals surface area contributed by atoms with Gasteiger partial charge in [0.25, 0.3) is 0 Å². The first-order valence-corrected chi connectivity index (χ1v) is 6.07. The Labute approximate surface area is 114 Å². The van der Waals surface area contributed by atoms with Gasteiger partial charge < -0.3 is 20.1 Å². The topological polar surface area (TPSA) is 123 Å². The van der Waals surface area contributed by atoms with E-state index in [4.69, 9.17) is 21.4 Å². The van der Waals surface area contributed by atoms with Gasteiger partial charge in [0.15, 0.2) is 6.23 Å². The van der Waals surface area contributed by atoms with Gasteiger partial charge in [-0.05, 0) is 0 Å². The summed E-state index contributed by atoms with van der Waals surface area (Å²) < 4.78 is 5.14. The highest BCUT2D eigenvalue weighted by molar-refractivity contribution is 6.18. The van der Waals surface area contributed by atoms with Crippen LogP contribution in [0.1, 0.15) is 0 Å². The molecule has 1 aliphatic heterocycles. The second-order valence-electron chi connectivity index (χ2n) is 4.02. The minimum absolute atomic E-state index is 0.0152. The minimum atomic E-state index is -1.39. The summed E-state index contributed by atoms with van der Waals surface area (Å²) >= 11 is 5.42. The fourth-order valence-electron chi connectivity index (χ4n) is 1.74. The van der Waals surface area contributed by atoms with Crippen LogP contribution in [0.4, 0.5) is 4.79 Å². The number of carbonyl (C=O) groups excluding carboxylic acids is 1. The van der Waals surface area contributed by atoms with Crippen molar-refractivity contribution in [2.45, 2.75) is 24.5 Å². The molecule has 110 valence electrons. The summed E-state index contributed by atoms with van der Waals surface area (Å²) in [7, 11) is 1.27. The SMILES string of the molecule is CN(C(=O)N(CCCl)N=O)[C@@H]1O[C@H](CO)[C@@H](O)[C@H]1O. The quantitative estimate of drug-likeness (QED) is 0.329. The lowest BCUT2D eigenvalue weighted by Gasteiger charge is -2.28. The monoisotopic (exact) mass is 297 g/mol. The number of urea groups is 1. The minimum Gasteiger partial charge on any atom is -0.394 e. The van der Waals surface area contributed by atoms with Crippen LogP contribution in [0.5, 0.6) is 0 Å². The molecule has 0 spiro atoms. The van der Waals surface area contributed by atoms with Crippen molar-refractivity contribution in [3.05, 3.63) is 4.91 Å². The van der Waals surface area contributed by atoms with Gasteiger partial charge in [0, 0.05) is 12.9 Å². The van der Waals surface area contributed by atoms with Crippen molar-refractivity contribution in [3.8, 4) is 0 Å². The van der Waals surface area contributed by atoms with Gasteiger partial charge in [-0.1, -0.05) is 0 Å². The zero-order chi connectivity index (χ0) is 14.6. The predicted molar refractivity (Wildman–Crippen MR) is 64.1 cm³/mol. The van der Waals surface area contributed by atoms with E-state index in [-0.39, 0.29) is 12.4 Å². The van der Waals surface area contributed by atoms with Crippen molar-refractivity contribution in [2.24, 2.45) is 5.29 Å². The lowest BCUT2D eigenvalue weighted by atomic mass is 10.1. The highest BCUT2D eigenvalue weighted by Crippen LogP contribution is 2.23. The van der Waals surface area contributed by atoms with E-state index in [1.807, 2.05) is 0 Å². The number of aliphatic hydroxyl groups is 3. The van der Waals surface area contributed by atoms with Crippen LogP contribution in [0.3, 0.4) is 0 Å². The number of likely N-dealkylation sites (N-methyl/N-ethyl adjacent to an activating group) is 1. The van der Waals surface area contributed by atoms with Gasteiger partial charge in [-0.3, -0.25) is 4.90 Å². The van der Waals surface area contributed by atoms with Gasteiger partial charge in [0.2, 0.25) is 0 Å². The summed E-state index contributed by atoms with van der Waals surface area (Å²) in [6.45, 7) is -0.600. The van der Waals surface area contributed by atoms with Crippen molar-refractivity contribution >= 4 is 17.6 Å². The number of nitroso groups, excluding NO2 is 1. The van der Waals surface area contributed by atoms with Gasteiger partial charge in [-0.15, -0.1) is 16.5 Å². The summed E-state index contributed by atoms with van der Waals surface area (Å²) in [5.41, 5.74) is 0. The molecule has 1 heterocycles. The molecule has 19 heavy (non-hydrogen) atoms. The molecule has 0 aliphatic carbocycles. The average Bonchev–Trinajstić information content (AvgIpc) is 2.70. The van der Waals surface area contributed by atoms with E-state index in [2.05, 4.69) is 5.29 Å². The maximum Gasteiger partial charge on any atom is 0.344 e. The molecule has 0 saturated carbocycles. The molecule has 2 amide bonds. The first-order chi connectivity index (χ1) is 8.97. The second-order valence-corrected chi connectivity index (χ2v) is 4.39. The van der Waals surface area contributed by atoms with Crippen LogP contribution in [0.25, 0.3) is 0 Å². The molecule has 0 radical (unpaired) electrons. The summed E-state index contributed by atoms with van der Waals surface area (Å²) in [4.78, 5) is 23.3. The fourth-order valence-corrected chi connectivity index (χ4v) is 1.90. The van der Waals surface area contributed by atoms with Crippen LogP contribution in [-0.4, -0.2) is 81.9 Å². The molecule has 10 heteroatoms. The van der Waals surface area contributed by atoms with Crippen LogP contribution >= 0.6 is 11.6 Å². The number of nitrogens with zero attached hydrogens (tertiary/aromatic N) is 3. The maximum absolute atomic E-state index is 11.9. The van der Waals surface area contributed by atoms with Gasteiger partial charge >= 0.3 is 6.03 Å². The number of aliphatic hydroxyl groups excluding tert-OH is 3. The van der Waals surface area contributed by atoms with E-state index in [0.717, 1.165) is 4.90 Å². The van der Waals surface area contributed by atoms with Crippen LogP contribution in [0, 0.1) is 4.91 Å². The smallest absolute Gasteiger partial charge is 0.344 e. The van der Waals surface area contributed by atoms with Gasteiger partial charge in [-0.25, -0.2) is 4.79 Å². The Kier molecular flexibility index (Phi) is 5.88. The third kappa shape index (κ3) is 3.31. The van der Waals surface area contributed by atoms with Crippen LogP contribution in [-0.2, 0) is 4.74 Å². The number of hydrogen-bond acceptors (Lipinski definition) is 7. The third-order valence-electron chi connectivity index (χ3n) is 2.82. The summed E-state index contributed by atoms with van der Waals surface area (Å²) in [6, 6.07) is -0.828. The molecule has 4 atom stereocenters. The molecule has 9 nitrogen and oxygen atoms in total. The Morgan fingerprint density at radius 1 is 1.42 bits per heavy atom. The normalized spacial score (nSPS) is 30.2. The van der Waals surface area contributed by atoms with Gasteiger partial charge in [-0.2, -0.15) is 5.01 Å². The molecule has 0 bridgehead atoms. The lowest BCUT2D eigenvalue weighted by molar-refractivity contribution is -0.0753. The molecule has 1 fully saturated rings. The van der Waals surface area contributed by atoms with E-state index in [1.54, 1.807) is 0 Å². The Morgan fingerprint density at radius 2 is 2.05 bits per heavy atom. The van der Waals surface area contributed by atoms with Crippen LogP contribution in [0.15, 0.2) is 5.29 Å². The summed E-state index contributed by atoms with van der Waals surface area (Å²) in [5, 5.41) is 31.3. The zero-order valence-corrected chi connectivity index (χ0v) is 11.0. The zero-order valence-electron chi connectivity index (χ0n) is 10.2. The number of alkyl halides is 1. The molecule has 0 aromatic rings. The molecule has 1 aliphatic rings. The Bertz CT molecular complexity index is 333. The second kappa shape index (κ2) is 6.96. The number of carbonyl (C=O) groups is 1. The first kappa shape index (κ1) is 16.1. The average molecular weight is 298 g/mol. The first-order valence-electron chi connectivity index (χ1n) is 5.54. The van der Waals surface area contributed by atoms with Crippen LogP contribution in [0.2, 0.25) is 0 Å². The number of amides is 2. The van der Waals surface area contributed by atoms with Gasteiger partial charge in [0.1, 0.15) is 18.3 Å². The summed E-state index contributed by atoms with van der Waals surface area (Å²) in [5.74, 6) is 0.0152. The van der Waals surface area contributed by atoms with E-state index in [1.165, 1.54) is 7.05 Å². The van der Waals surface area contributed by atoms with Crippen molar-refractivity contribution in [1.29, 1.82) is 0 Å². The van der Waals surface area contributed by atoms with Crippen molar-refractivity contribution in [2.75, 3.05) is 26.1 Å². The molecule has 3 N–H and O–H groups in total. The highest BCUT2D eigenvalue weighted by atomic mass is 35.5. The number of hydrogen-bond donors (Lipinski definition) is 3. The van der Waals surface area contributed by atoms with E-state index >= 15 is 0 Å². The number of ether oxygens (including phenoxy) is 1. The largest absolute Gasteiger partial charge is 0.394 e. The standard InChI is InChI=1S/C9H16ClN3O6/c1-12(9(17)13(11-18)3-2-10)8-7(16)6(15)5(4-14)19-8/h5-8,14-16H,2-4H2,1H3/t5-,6-,7-,8-/m1/s1. The molecular formula is C9H16ClN3O6. The number of halogens is 1. The fraction of sp³-hybridized carbons (Fsp3) is 0.889. The molecule has 1 rings (SSSR count). The Hall–Kier alpha value is -1.00. The molecular weight excluding hydrogens is 282 g/mol. The Balaban J connectivity index is 2.74. The highest BCUT2D eigenvalue weighted by Gasteiger charge is 2.46. The van der Waals surface area contributed by atoms with E-state index < -0.39 is 37.2 Å². The predicted octanol–water partition coefficient (Wildman–Crippen LogP) is -1.30. The Morgan fingerprint density at radius 3 is 2.47 bits per heavy atom. The number of rotatable bonds is 5. The molecule has 0 aromatic heterocycles. The lowest BCUT2D eigenvalue weighted by Crippen LogP contribution is -2.49. The molecule has 1 saturated heterocycles. The van der Waals surface area contributed by atoms with E-state index in [0.29, 0.717) is 5.01 Å². The van der Waals surface area contributed by atoms with Crippen molar-refractivity contribution in [1.82, 2.24) is 9.91 Å². The summed E-state index contributed by atoms with van der Waals surface area (Å²) in [6.07, 6.45) is -4.90. The molecule has 0 unspecified atom stereocenters.